The third-order valence-corrected chi connectivity index (χ3v) is 3.13. The molecule has 1 amide bonds. The molecule has 1 atom stereocenters. The lowest BCUT2D eigenvalue weighted by atomic mass is 10.1. The summed E-state index contributed by atoms with van der Waals surface area (Å²) in [5, 5.41) is 5.86. The Morgan fingerprint density at radius 2 is 2.19 bits per heavy atom. The molecule has 7 heteroatoms. The predicted octanol–water partition coefficient (Wildman–Crippen LogP) is 1.13. The number of hydrogen-bond donors (Lipinski definition) is 2. The van der Waals surface area contributed by atoms with E-state index in [1.165, 1.54) is 6.33 Å². The van der Waals surface area contributed by atoms with E-state index in [1.807, 2.05) is 18.9 Å². The number of amides is 1. The first-order valence-electron chi connectivity index (χ1n) is 7.10. The van der Waals surface area contributed by atoms with E-state index in [1.54, 1.807) is 14.2 Å². The van der Waals surface area contributed by atoms with E-state index in [4.69, 9.17) is 4.74 Å². The van der Waals surface area contributed by atoms with Crippen LogP contribution in [0.5, 0.6) is 5.75 Å². The maximum absolute atomic E-state index is 11.6. The Hall–Kier alpha value is -2.05. The van der Waals surface area contributed by atoms with Crippen LogP contribution in [0, 0.1) is 5.92 Å². The molecule has 0 spiro atoms. The first kappa shape index (κ1) is 17.0. The number of ether oxygens (including phenoxy) is 1. The fourth-order valence-electron chi connectivity index (χ4n) is 2.02. The molecule has 1 aromatic heterocycles. The monoisotopic (exact) mass is 295 g/mol. The molecule has 0 bridgehead atoms. The molecule has 2 N–H and O–H groups in total. The molecule has 0 aliphatic rings. The molecule has 0 fully saturated rings. The zero-order chi connectivity index (χ0) is 15.8. The van der Waals surface area contributed by atoms with Crippen molar-refractivity contribution in [2.75, 3.05) is 44.5 Å². The summed E-state index contributed by atoms with van der Waals surface area (Å²) in [6, 6.07) is 0. The number of nitrogens with zero attached hydrogens (tertiary/aromatic N) is 3. The highest BCUT2D eigenvalue weighted by atomic mass is 16.5. The Bertz CT molecular complexity index is 467. The van der Waals surface area contributed by atoms with Gasteiger partial charge < -0.3 is 20.3 Å². The third-order valence-electron chi connectivity index (χ3n) is 3.13. The SMILES string of the molecule is CCCNc1ncnc(N(C)CC(C)C(=O)NC)c1OC. The van der Waals surface area contributed by atoms with Gasteiger partial charge in [0.15, 0.2) is 11.6 Å². The highest BCUT2D eigenvalue weighted by Crippen LogP contribution is 2.31. The lowest BCUT2D eigenvalue weighted by molar-refractivity contribution is -0.123. The Kier molecular flexibility index (Phi) is 6.71. The van der Waals surface area contributed by atoms with Gasteiger partial charge in [0.25, 0.3) is 0 Å². The van der Waals surface area contributed by atoms with Crippen molar-refractivity contribution in [2.45, 2.75) is 20.3 Å². The van der Waals surface area contributed by atoms with Gasteiger partial charge in [0.2, 0.25) is 11.7 Å². The van der Waals surface area contributed by atoms with Crippen molar-refractivity contribution in [3.05, 3.63) is 6.33 Å². The number of hydrogen-bond acceptors (Lipinski definition) is 6. The molecule has 0 saturated heterocycles. The second-order valence-electron chi connectivity index (χ2n) is 4.90. The number of aromatic nitrogens is 2. The van der Waals surface area contributed by atoms with Crippen molar-refractivity contribution in [1.29, 1.82) is 0 Å². The van der Waals surface area contributed by atoms with Gasteiger partial charge in [0.1, 0.15) is 6.33 Å². The van der Waals surface area contributed by atoms with Gasteiger partial charge in [-0.1, -0.05) is 13.8 Å². The summed E-state index contributed by atoms with van der Waals surface area (Å²) in [4.78, 5) is 22.0. The minimum absolute atomic E-state index is 0.000737. The molecule has 118 valence electrons. The second kappa shape index (κ2) is 8.28. The Morgan fingerprint density at radius 3 is 2.76 bits per heavy atom. The summed E-state index contributed by atoms with van der Waals surface area (Å²) in [6.45, 7) is 5.31. The zero-order valence-electron chi connectivity index (χ0n) is 13.4. The van der Waals surface area contributed by atoms with E-state index >= 15 is 0 Å². The molecule has 0 saturated carbocycles. The van der Waals surface area contributed by atoms with Crippen LogP contribution in [0.1, 0.15) is 20.3 Å². The van der Waals surface area contributed by atoms with Crippen molar-refractivity contribution < 1.29 is 9.53 Å². The van der Waals surface area contributed by atoms with Crippen LogP contribution in [0.15, 0.2) is 6.33 Å². The third kappa shape index (κ3) is 4.47. The van der Waals surface area contributed by atoms with Crippen LogP contribution in [0.4, 0.5) is 11.6 Å². The molecule has 0 aromatic carbocycles. The number of rotatable bonds is 8. The average molecular weight is 295 g/mol. The number of anilines is 2. The molecule has 1 heterocycles. The lowest BCUT2D eigenvalue weighted by Crippen LogP contribution is -2.34. The first-order chi connectivity index (χ1) is 10.0. The molecular formula is C14H25N5O2. The van der Waals surface area contributed by atoms with Gasteiger partial charge in [0.05, 0.1) is 13.0 Å². The quantitative estimate of drug-likeness (QED) is 0.748. The summed E-state index contributed by atoms with van der Waals surface area (Å²) < 4.78 is 5.43. The van der Waals surface area contributed by atoms with Crippen LogP contribution in [0.3, 0.4) is 0 Å². The Balaban J connectivity index is 2.92. The molecule has 1 aromatic rings. The number of methoxy groups -OCH3 is 1. The van der Waals surface area contributed by atoms with Gasteiger partial charge in [0, 0.05) is 27.2 Å². The van der Waals surface area contributed by atoms with Crippen LogP contribution >= 0.6 is 0 Å². The van der Waals surface area contributed by atoms with E-state index < -0.39 is 0 Å². The number of carbonyl (C=O) groups is 1. The highest BCUT2D eigenvalue weighted by Gasteiger charge is 2.19. The number of nitrogens with one attached hydrogen (secondary N) is 2. The van der Waals surface area contributed by atoms with Gasteiger partial charge >= 0.3 is 0 Å². The van der Waals surface area contributed by atoms with Gasteiger partial charge in [-0.25, -0.2) is 9.97 Å². The minimum atomic E-state index is -0.147. The van der Waals surface area contributed by atoms with Crippen LogP contribution in [0.2, 0.25) is 0 Å². The van der Waals surface area contributed by atoms with Crippen molar-refractivity contribution in [3.63, 3.8) is 0 Å². The number of carbonyl (C=O) groups excluding carboxylic acids is 1. The Morgan fingerprint density at radius 1 is 1.48 bits per heavy atom. The lowest BCUT2D eigenvalue weighted by Gasteiger charge is -2.24. The van der Waals surface area contributed by atoms with Crippen LogP contribution in [-0.4, -0.2) is 50.2 Å². The normalized spacial score (nSPS) is 11.7. The molecule has 0 aliphatic heterocycles. The van der Waals surface area contributed by atoms with Gasteiger partial charge in [-0.2, -0.15) is 0 Å². The summed E-state index contributed by atoms with van der Waals surface area (Å²) in [5.41, 5.74) is 0. The summed E-state index contributed by atoms with van der Waals surface area (Å²) in [6.07, 6.45) is 2.49. The van der Waals surface area contributed by atoms with Gasteiger partial charge in [-0.15, -0.1) is 0 Å². The average Bonchev–Trinajstić information content (AvgIpc) is 2.51. The van der Waals surface area contributed by atoms with Gasteiger partial charge in [-0.05, 0) is 6.42 Å². The fourth-order valence-corrected chi connectivity index (χ4v) is 2.02. The molecule has 1 rings (SSSR count). The second-order valence-corrected chi connectivity index (χ2v) is 4.90. The molecular weight excluding hydrogens is 270 g/mol. The molecule has 1 unspecified atom stereocenters. The van der Waals surface area contributed by atoms with Crippen LogP contribution in [0.25, 0.3) is 0 Å². The largest absolute Gasteiger partial charge is 0.490 e. The van der Waals surface area contributed by atoms with E-state index in [-0.39, 0.29) is 11.8 Å². The maximum Gasteiger partial charge on any atom is 0.224 e. The van der Waals surface area contributed by atoms with Crippen LogP contribution in [-0.2, 0) is 4.79 Å². The van der Waals surface area contributed by atoms with E-state index in [9.17, 15) is 4.79 Å². The van der Waals surface area contributed by atoms with Crippen LogP contribution < -0.4 is 20.3 Å². The summed E-state index contributed by atoms with van der Waals surface area (Å²) in [5.74, 6) is 1.79. The van der Waals surface area contributed by atoms with Gasteiger partial charge in [-0.3, -0.25) is 4.79 Å². The van der Waals surface area contributed by atoms with Crippen molar-refractivity contribution >= 4 is 17.5 Å². The zero-order valence-corrected chi connectivity index (χ0v) is 13.4. The van der Waals surface area contributed by atoms with Crippen molar-refractivity contribution in [1.82, 2.24) is 15.3 Å². The van der Waals surface area contributed by atoms with E-state index in [0.717, 1.165) is 13.0 Å². The highest BCUT2D eigenvalue weighted by molar-refractivity contribution is 5.78. The van der Waals surface area contributed by atoms with E-state index in [2.05, 4.69) is 27.5 Å². The maximum atomic E-state index is 11.6. The van der Waals surface area contributed by atoms with Crippen molar-refractivity contribution in [3.8, 4) is 5.75 Å². The minimum Gasteiger partial charge on any atom is -0.490 e. The standard InChI is InChI=1S/C14H25N5O2/c1-6-7-16-12-11(21-5)13(18-9-17-12)19(4)8-10(2)14(20)15-3/h9-10H,6-8H2,1-5H3,(H,15,20)(H,16,17,18). The molecule has 7 nitrogen and oxygen atoms in total. The topological polar surface area (TPSA) is 79.4 Å². The van der Waals surface area contributed by atoms with E-state index in [0.29, 0.717) is 23.9 Å². The summed E-state index contributed by atoms with van der Waals surface area (Å²) in [7, 11) is 5.11. The smallest absolute Gasteiger partial charge is 0.224 e. The molecule has 21 heavy (non-hydrogen) atoms. The predicted molar refractivity (Wildman–Crippen MR) is 83.9 cm³/mol. The Labute approximate surface area is 126 Å². The molecule has 0 aliphatic carbocycles. The van der Waals surface area contributed by atoms with Crippen molar-refractivity contribution in [2.24, 2.45) is 5.92 Å². The first-order valence-corrected chi connectivity index (χ1v) is 7.10. The summed E-state index contributed by atoms with van der Waals surface area (Å²) >= 11 is 0. The molecule has 0 radical (unpaired) electrons. The fraction of sp³-hybridized carbons (Fsp3) is 0.643.